The molecule has 21 heavy (non-hydrogen) atoms. The molecular formula is C20H20O. The number of hydrogen-bond donors (Lipinski definition) is 0. The first-order valence-electron chi connectivity index (χ1n) is 8.18. The normalized spacial score (nSPS) is 35.2. The average molecular weight is 276 g/mol. The fourth-order valence-corrected chi connectivity index (χ4v) is 5.25. The smallest absolute Gasteiger partial charge is 0.124 e. The molecule has 2 bridgehead atoms. The largest absolute Gasteiger partial charge is 0.361 e. The first-order chi connectivity index (χ1) is 10.4. The Morgan fingerprint density at radius 3 is 1.90 bits per heavy atom. The van der Waals surface area contributed by atoms with E-state index in [4.69, 9.17) is 4.74 Å². The lowest BCUT2D eigenvalue weighted by molar-refractivity contribution is -0.263. The SMILES string of the molecule is c1ccc(C2(c3ccccc3)O[C@H]3[C@H]4CC[C@@H](C4)[C@H]32)cc1. The van der Waals surface area contributed by atoms with Gasteiger partial charge in [0.15, 0.2) is 0 Å². The van der Waals surface area contributed by atoms with Gasteiger partial charge in [-0.1, -0.05) is 60.7 Å². The summed E-state index contributed by atoms with van der Waals surface area (Å²) >= 11 is 0. The van der Waals surface area contributed by atoms with Gasteiger partial charge in [0.1, 0.15) is 5.60 Å². The van der Waals surface area contributed by atoms with Crippen LogP contribution in [0.4, 0.5) is 0 Å². The molecule has 1 nitrogen and oxygen atoms in total. The zero-order chi connectivity index (χ0) is 13.9. The standard InChI is InChI=1S/C20H20O/c1-3-7-16(8-4-1)20(17-9-5-2-6-10-17)18-14-11-12-15(13-14)19(18)21-20/h1-10,14-15,18-19H,11-13H2/t14-,15-,18+,19-/m0/s1. The Labute approximate surface area is 126 Å². The highest BCUT2D eigenvalue weighted by atomic mass is 16.5. The summed E-state index contributed by atoms with van der Waals surface area (Å²) in [4.78, 5) is 0. The molecule has 0 amide bonds. The number of ether oxygens (including phenoxy) is 1. The van der Waals surface area contributed by atoms with Crippen molar-refractivity contribution in [1.29, 1.82) is 0 Å². The van der Waals surface area contributed by atoms with Crippen molar-refractivity contribution < 1.29 is 4.74 Å². The molecule has 3 fully saturated rings. The summed E-state index contributed by atoms with van der Waals surface area (Å²) in [6.45, 7) is 0. The average Bonchev–Trinajstić information content (AvgIpc) is 3.07. The van der Waals surface area contributed by atoms with Gasteiger partial charge in [-0.05, 0) is 42.2 Å². The minimum atomic E-state index is -0.187. The number of hydrogen-bond acceptors (Lipinski definition) is 1. The summed E-state index contributed by atoms with van der Waals surface area (Å²) in [5, 5.41) is 0. The molecule has 2 aliphatic carbocycles. The summed E-state index contributed by atoms with van der Waals surface area (Å²) in [5.41, 5.74) is 2.49. The Bertz CT molecular complexity index is 607. The first kappa shape index (κ1) is 12.0. The van der Waals surface area contributed by atoms with Crippen molar-refractivity contribution in [1.82, 2.24) is 0 Å². The topological polar surface area (TPSA) is 9.23 Å². The highest BCUT2D eigenvalue weighted by Gasteiger charge is 2.67. The monoisotopic (exact) mass is 276 g/mol. The predicted octanol–water partition coefficient (Wildman–Crippen LogP) is 4.38. The maximum Gasteiger partial charge on any atom is 0.124 e. The third-order valence-electron chi connectivity index (χ3n) is 6.04. The lowest BCUT2D eigenvalue weighted by atomic mass is 9.63. The van der Waals surface area contributed by atoms with E-state index in [2.05, 4.69) is 60.7 Å². The summed E-state index contributed by atoms with van der Waals surface area (Å²) in [6, 6.07) is 21.7. The molecule has 1 saturated heterocycles. The van der Waals surface area contributed by atoms with Crippen molar-refractivity contribution in [2.75, 3.05) is 0 Å². The van der Waals surface area contributed by atoms with E-state index in [0.29, 0.717) is 12.0 Å². The quantitative estimate of drug-likeness (QED) is 0.791. The van der Waals surface area contributed by atoms with Gasteiger partial charge in [0.05, 0.1) is 6.10 Å². The molecule has 5 rings (SSSR count). The van der Waals surface area contributed by atoms with Crippen molar-refractivity contribution in [2.24, 2.45) is 17.8 Å². The minimum Gasteiger partial charge on any atom is -0.361 e. The second-order valence-electron chi connectivity index (χ2n) is 6.91. The van der Waals surface area contributed by atoms with Crippen LogP contribution in [0.5, 0.6) is 0 Å². The van der Waals surface area contributed by atoms with E-state index in [1.54, 1.807) is 0 Å². The number of fused-ring (bicyclic) bond motifs is 5. The Kier molecular flexibility index (Phi) is 2.40. The molecular weight excluding hydrogens is 256 g/mol. The molecule has 0 aromatic heterocycles. The van der Waals surface area contributed by atoms with Gasteiger partial charge >= 0.3 is 0 Å². The second kappa shape index (κ2) is 4.20. The van der Waals surface area contributed by atoms with Crippen LogP contribution >= 0.6 is 0 Å². The highest BCUT2D eigenvalue weighted by molar-refractivity contribution is 5.42. The van der Waals surface area contributed by atoms with Gasteiger partial charge in [-0.2, -0.15) is 0 Å². The lowest BCUT2D eigenvalue weighted by Gasteiger charge is -2.57. The summed E-state index contributed by atoms with van der Waals surface area (Å²) < 4.78 is 6.66. The van der Waals surface area contributed by atoms with Crippen molar-refractivity contribution in [3.05, 3.63) is 71.8 Å². The second-order valence-corrected chi connectivity index (χ2v) is 6.91. The third kappa shape index (κ3) is 1.45. The van der Waals surface area contributed by atoms with Gasteiger partial charge in [-0.25, -0.2) is 0 Å². The van der Waals surface area contributed by atoms with Crippen LogP contribution in [0.15, 0.2) is 60.7 Å². The zero-order valence-corrected chi connectivity index (χ0v) is 12.1. The maximum absolute atomic E-state index is 6.66. The maximum atomic E-state index is 6.66. The van der Waals surface area contributed by atoms with Crippen LogP contribution in [0, 0.1) is 17.8 Å². The molecule has 2 aromatic rings. The molecule has 0 N–H and O–H groups in total. The molecule has 1 heterocycles. The number of rotatable bonds is 2. The Morgan fingerprint density at radius 1 is 0.762 bits per heavy atom. The lowest BCUT2D eigenvalue weighted by Crippen LogP contribution is -2.60. The van der Waals surface area contributed by atoms with Gasteiger partial charge < -0.3 is 4.74 Å². The third-order valence-corrected chi connectivity index (χ3v) is 6.04. The Hall–Kier alpha value is -1.60. The first-order valence-corrected chi connectivity index (χ1v) is 8.18. The van der Waals surface area contributed by atoms with E-state index in [0.717, 1.165) is 11.8 Å². The van der Waals surface area contributed by atoms with Crippen molar-refractivity contribution in [2.45, 2.75) is 31.0 Å². The molecule has 4 atom stereocenters. The van der Waals surface area contributed by atoms with E-state index in [1.807, 2.05) is 0 Å². The molecule has 3 aliphatic rings. The fourth-order valence-electron chi connectivity index (χ4n) is 5.25. The van der Waals surface area contributed by atoms with Crippen LogP contribution in [-0.2, 0) is 10.3 Å². The van der Waals surface area contributed by atoms with E-state index in [-0.39, 0.29) is 5.60 Å². The van der Waals surface area contributed by atoms with Crippen LogP contribution in [0.25, 0.3) is 0 Å². The van der Waals surface area contributed by atoms with Crippen molar-refractivity contribution >= 4 is 0 Å². The fraction of sp³-hybridized carbons (Fsp3) is 0.400. The summed E-state index contributed by atoms with van der Waals surface area (Å²) in [6.07, 6.45) is 4.67. The van der Waals surface area contributed by atoms with Gasteiger partial charge in [0.2, 0.25) is 0 Å². The van der Waals surface area contributed by atoms with Crippen LogP contribution in [0.1, 0.15) is 30.4 Å². The number of benzene rings is 2. The van der Waals surface area contributed by atoms with Gasteiger partial charge in [0.25, 0.3) is 0 Å². The van der Waals surface area contributed by atoms with E-state index in [1.165, 1.54) is 30.4 Å². The summed E-state index contributed by atoms with van der Waals surface area (Å²) in [7, 11) is 0. The van der Waals surface area contributed by atoms with Gasteiger partial charge in [0, 0.05) is 5.92 Å². The van der Waals surface area contributed by atoms with Crippen molar-refractivity contribution in [3.63, 3.8) is 0 Å². The van der Waals surface area contributed by atoms with Crippen LogP contribution in [-0.4, -0.2) is 6.10 Å². The summed E-state index contributed by atoms with van der Waals surface area (Å²) in [5.74, 6) is 2.36. The van der Waals surface area contributed by atoms with Crippen LogP contribution < -0.4 is 0 Å². The molecule has 106 valence electrons. The van der Waals surface area contributed by atoms with Crippen LogP contribution in [0.2, 0.25) is 0 Å². The molecule has 2 saturated carbocycles. The molecule has 0 spiro atoms. The molecule has 1 aliphatic heterocycles. The Balaban J connectivity index is 1.67. The van der Waals surface area contributed by atoms with E-state index >= 15 is 0 Å². The van der Waals surface area contributed by atoms with E-state index < -0.39 is 0 Å². The zero-order valence-electron chi connectivity index (χ0n) is 12.1. The molecule has 1 heteroatoms. The highest BCUT2D eigenvalue weighted by Crippen LogP contribution is 2.66. The van der Waals surface area contributed by atoms with Crippen molar-refractivity contribution in [3.8, 4) is 0 Å². The molecule has 0 radical (unpaired) electrons. The van der Waals surface area contributed by atoms with E-state index in [9.17, 15) is 0 Å². The Morgan fingerprint density at radius 2 is 1.33 bits per heavy atom. The van der Waals surface area contributed by atoms with Crippen LogP contribution in [0.3, 0.4) is 0 Å². The molecule has 2 aromatic carbocycles. The van der Waals surface area contributed by atoms with Gasteiger partial charge in [-0.15, -0.1) is 0 Å². The van der Waals surface area contributed by atoms with Gasteiger partial charge in [-0.3, -0.25) is 0 Å². The molecule has 0 unspecified atom stereocenters. The minimum absolute atomic E-state index is 0.187. The predicted molar refractivity (Wildman–Crippen MR) is 82.9 cm³/mol.